The van der Waals surface area contributed by atoms with Gasteiger partial charge in [0, 0.05) is 32.3 Å². The maximum atomic E-state index is 12.5. The average molecular weight is 343 g/mol. The van der Waals surface area contributed by atoms with Crippen molar-refractivity contribution in [2.75, 3.05) is 26.3 Å². The number of aryl methyl sites for hydroxylation is 1. The Balaban J connectivity index is 0.000000701. The number of rotatable bonds is 2. The van der Waals surface area contributed by atoms with E-state index in [0.717, 1.165) is 17.7 Å². The van der Waals surface area contributed by atoms with Gasteiger partial charge in [-0.05, 0) is 19.1 Å². The van der Waals surface area contributed by atoms with Crippen LogP contribution in [0, 0.1) is 5.92 Å². The first-order valence-electron chi connectivity index (χ1n) is 8.34. The first kappa shape index (κ1) is 18.9. The second-order valence-electron chi connectivity index (χ2n) is 5.82. The summed E-state index contributed by atoms with van der Waals surface area (Å²) in [5, 5.41) is 3.79. The van der Waals surface area contributed by atoms with Crippen LogP contribution >= 0.6 is 0 Å². The minimum atomic E-state index is -0.345. The van der Waals surface area contributed by atoms with Gasteiger partial charge in [-0.15, -0.1) is 6.58 Å². The molecule has 1 aromatic carbocycles. The minimum Gasteiger partial charge on any atom is -0.379 e. The fourth-order valence-corrected chi connectivity index (χ4v) is 2.62. The van der Waals surface area contributed by atoms with Crippen LogP contribution in [0.1, 0.15) is 6.92 Å². The monoisotopic (exact) mass is 343 g/mol. The molecule has 2 aromatic rings. The molecule has 0 radical (unpaired) electrons. The number of aromatic nitrogens is 2. The third kappa shape index (κ3) is 4.55. The lowest BCUT2D eigenvalue weighted by molar-refractivity contribution is 0.135. The molecule has 134 valence electrons. The van der Waals surface area contributed by atoms with E-state index in [9.17, 15) is 9.59 Å². The van der Waals surface area contributed by atoms with Gasteiger partial charge in [0.2, 0.25) is 0 Å². The maximum Gasteiger partial charge on any atom is 0.335 e. The van der Waals surface area contributed by atoms with Crippen molar-refractivity contribution in [2.24, 2.45) is 13.0 Å². The Morgan fingerprint density at radius 3 is 2.80 bits per heavy atom. The van der Waals surface area contributed by atoms with Crippen LogP contribution in [0.3, 0.4) is 0 Å². The van der Waals surface area contributed by atoms with Crippen molar-refractivity contribution in [3.05, 3.63) is 63.8 Å². The van der Waals surface area contributed by atoms with E-state index in [4.69, 9.17) is 4.74 Å². The summed E-state index contributed by atoms with van der Waals surface area (Å²) in [6.45, 7) is 8.12. The molecule has 6 heteroatoms. The van der Waals surface area contributed by atoms with Crippen molar-refractivity contribution >= 4 is 17.1 Å². The zero-order valence-corrected chi connectivity index (χ0v) is 14.8. The quantitative estimate of drug-likeness (QED) is 0.841. The molecule has 2 heterocycles. The highest BCUT2D eigenvalue weighted by molar-refractivity contribution is 5.78. The van der Waals surface area contributed by atoms with Crippen LogP contribution in [0.5, 0.6) is 0 Å². The molecule has 0 saturated carbocycles. The zero-order chi connectivity index (χ0) is 18.2. The molecule has 3 rings (SSSR count). The predicted molar refractivity (Wildman–Crippen MR) is 102 cm³/mol. The van der Waals surface area contributed by atoms with E-state index in [2.05, 4.69) is 11.9 Å². The van der Waals surface area contributed by atoms with Gasteiger partial charge in [-0.25, -0.2) is 9.36 Å². The Morgan fingerprint density at radius 2 is 2.04 bits per heavy atom. The standard InChI is InChI=1S/C16H19N3O3.C3H6/c1-18-14-5-3-2-4-13(14)15(20)19(16(18)21)8-6-12-10-17-7-9-22-11-12;1-3-2/h2-6,8,12,17H,7,9-11H2,1H3;3H,1H2,2H3. The molecule has 1 aromatic heterocycles. The Bertz CT molecular complexity index is 856. The molecule has 1 saturated heterocycles. The number of nitrogens with one attached hydrogen (secondary N) is 1. The molecule has 1 aliphatic heterocycles. The summed E-state index contributed by atoms with van der Waals surface area (Å²) < 4.78 is 8.11. The second-order valence-corrected chi connectivity index (χ2v) is 5.82. The molecule has 0 aliphatic carbocycles. The highest BCUT2D eigenvalue weighted by Gasteiger charge is 2.11. The summed E-state index contributed by atoms with van der Waals surface area (Å²) in [4.78, 5) is 24.9. The van der Waals surface area contributed by atoms with Crippen molar-refractivity contribution < 1.29 is 4.74 Å². The topological polar surface area (TPSA) is 65.3 Å². The molecular weight excluding hydrogens is 318 g/mol. The molecule has 1 N–H and O–H groups in total. The molecule has 25 heavy (non-hydrogen) atoms. The molecule has 1 atom stereocenters. The van der Waals surface area contributed by atoms with Gasteiger partial charge in [-0.2, -0.15) is 0 Å². The largest absolute Gasteiger partial charge is 0.379 e. The Hall–Kier alpha value is -2.44. The lowest BCUT2D eigenvalue weighted by atomic mass is 10.1. The van der Waals surface area contributed by atoms with Crippen LogP contribution in [-0.2, 0) is 11.8 Å². The van der Waals surface area contributed by atoms with E-state index < -0.39 is 0 Å². The first-order chi connectivity index (χ1) is 12.1. The third-order valence-electron chi connectivity index (χ3n) is 3.88. The second kappa shape index (κ2) is 9.15. The average Bonchev–Trinajstić information content (AvgIpc) is 2.89. The molecule has 0 amide bonds. The molecule has 1 fully saturated rings. The summed E-state index contributed by atoms with van der Waals surface area (Å²) in [6, 6.07) is 7.12. The fraction of sp³-hybridized carbons (Fsp3) is 0.368. The van der Waals surface area contributed by atoms with E-state index in [0.29, 0.717) is 24.1 Å². The number of ether oxygens (including phenoxy) is 1. The molecule has 1 unspecified atom stereocenters. The normalized spacial score (nSPS) is 17.8. The van der Waals surface area contributed by atoms with Crippen molar-refractivity contribution in [3.63, 3.8) is 0 Å². The van der Waals surface area contributed by atoms with Gasteiger partial charge in [0.15, 0.2) is 0 Å². The number of nitrogens with zero attached hydrogens (tertiary/aromatic N) is 2. The van der Waals surface area contributed by atoms with E-state index >= 15 is 0 Å². The van der Waals surface area contributed by atoms with Crippen LogP contribution in [0.15, 0.2) is 52.6 Å². The number of para-hydroxylation sites is 1. The summed E-state index contributed by atoms with van der Waals surface area (Å²) in [6.07, 6.45) is 5.17. The van der Waals surface area contributed by atoms with Gasteiger partial charge in [0.25, 0.3) is 5.56 Å². The van der Waals surface area contributed by atoms with Crippen LogP contribution in [-0.4, -0.2) is 35.4 Å². The third-order valence-corrected chi connectivity index (χ3v) is 3.88. The number of hydrogen-bond acceptors (Lipinski definition) is 4. The van der Waals surface area contributed by atoms with Gasteiger partial charge in [0.05, 0.1) is 24.1 Å². The van der Waals surface area contributed by atoms with E-state index in [1.807, 2.05) is 19.1 Å². The van der Waals surface area contributed by atoms with Crippen LogP contribution < -0.4 is 16.6 Å². The van der Waals surface area contributed by atoms with Crippen LogP contribution in [0.2, 0.25) is 0 Å². The fourth-order valence-electron chi connectivity index (χ4n) is 2.62. The predicted octanol–water partition coefficient (Wildman–Crippen LogP) is 1.60. The summed E-state index contributed by atoms with van der Waals surface area (Å²) in [7, 11) is 1.67. The van der Waals surface area contributed by atoms with Gasteiger partial charge >= 0.3 is 5.69 Å². The molecule has 1 aliphatic rings. The van der Waals surface area contributed by atoms with Gasteiger partial charge in [-0.3, -0.25) is 9.36 Å². The summed E-state index contributed by atoms with van der Waals surface area (Å²) in [5.41, 5.74) is 0.00140. The van der Waals surface area contributed by atoms with E-state index in [-0.39, 0.29) is 17.2 Å². The summed E-state index contributed by atoms with van der Waals surface area (Å²) >= 11 is 0. The van der Waals surface area contributed by atoms with Gasteiger partial charge in [-0.1, -0.05) is 24.3 Å². The van der Waals surface area contributed by atoms with Crippen LogP contribution in [0.4, 0.5) is 0 Å². The number of allylic oxidation sites excluding steroid dienone is 1. The molecular formula is C19H25N3O3. The molecule has 6 nitrogen and oxygen atoms in total. The van der Waals surface area contributed by atoms with Gasteiger partial charge < -0.3 is 10.1 Å². The Morgan fingerprint density at radius 1 is 1.32 bits per heavy atom. The van der Waals surface area contributed by atoms with Crippen molar-refractivity contribution in [2.45, 2.75) is 6.92 Å². The zero-order valence-electron chi connectivity index (χ0n) is 14.8. The smallest absolute Gasteiger partial charge is 0.335 e. The number of benzene rings is 1. The summed E-state index contributed by atoms with van der Waals surface area (Å²) in [5.74, 6) is 0.144. The highest BCUT2D eigenvalue weighted by Crippen LogP contribution is 2.06. The SMILES string of the molecule is C=CC.Cn1c(=O)n(C=CC2CNCCOC2)c(=O)c2ccccc21. The molecule has 0 bridgehead atoms. The number of fused-ring (bicyclic) bond motifs is 1. The molecule has 0 spiro atoms. The van der Waals surface area contributed by atoms with Crippen molar-refractivity contribution in [1.29, 1.82) is 0 Å². The van der Waals surface area contributed by atoms with E-state index in [1.165, 1.54) is 4.57 Å². The van der Waals surface area contributed by atoms with Crippen molar-refractivity contribution in [3.8, 4) is 0 Å². The lowest BCUT2D eigenvalue weighted by Gasteiger charge is -2.10. The number of hydrogen-bond donors (Lipinski definition) is 1. The Kier molecular flexibility index (Phi) is 6.91. The van der Waals surface area contributed by atoms with E-state index in [1.54, 1.807) is 37.5 Å². The lowest BCUT2D eigenvalue weighted by Crippen LogP contribution is -2.36. The minimum absolute atomic E-state index is 0.144. The van der Waals surface area contributed by atoms with Crippen molar-refractivity contribution in [1.82, 2.24) is 14.5 Å². The highest BCUT2D eigenvalue weighted by atomic mass is 16.5. The van der Waals surface area contributed by atoms with Gasteiger partial charge in [0.1, 0.15) is 0 Å². The maximum absolute atomic E-state index is 12.5. The Labute approximate surface area is 147 Å². The van der Waals surface area contributed by atoms with Crippen LogP contribution in [0.25, 0.3) is 17.1 Å². The first-order valence-corrected chi connectivity index (χ1v) is 8.34.